The van der Waals surface area contributed by atoms with Crippen LogP contribution in [0.3, 0.4) is 0 Å². The summed E-state index contributed by atoms with van der Waals surface area (Å²) in [7, 11) is 0. The van der Waals surface area contributed by atoms with Gasteiger partial charge in [-0.05, 0) is 37.1 Å². The predicted molar refractivity (Wildman–Crippen MR) is 70.3 cm³/mol. The Bertz CT molecular complexity index is 391. The van der Waals surface area contributed by atoms with Crippen molar-refractivity contribution in [2.45, 2.75) is 19.8 Å². The van der Waals surface area contributed by atoms with Crippen LogP contribution in [0.1, 0.15) is 19.8 Å². The van der Waals surface area contributed by atoms with Crippen LogP contribution in [-0.4, -0.2) is 30.6 Å². The topological polar surface area (TPSA) is 23.6 Å². The van der Waals surface area contributed by atoms with Gasteiger partial charge in [0, 0.05) is 30.7 Å². The van der Waals surface area contributed by atoms with Crippen molar-refractivity contribution < 1.29 is 4.79 Å². The molecule has 0 spiro atoms. The number of benzene rings is 1. The Balaban J connectivity index is 2.13. The average Bonchev–Trinajstić information content (AvgIpc) is 2.55. The van der Waals surface area contributed by atoms with E-state index in [9.17, 15) is 4.79 Å². The minimum Gasteiger partial charge on any atom is -0.354 e. The molecule has 3 nitrogen and oxygen atoms in total. The van der Waals surface area contributed by atoms with Crippen LogP contribution in [-0.2, 0) is 4.79 Å². The van der Waals surface area contributed by atoms with Gasteiger partial charge in [-0.2, -0.15) is 0 Å². The molecule has 1 aromatic carbocycles. The minimum absolute atomic E-state index is 0.144. The molecule has 1 saturated heterocycles. The van der Waals surface area contributed by atoms with E-state index in [-0.39, 0.29) is 5.91 Å². The Morgan fingerprint density at radius 2 is 1.82 bits per heavy atom. The van der Waals surface area contributed by atoms with Crippen molar-refractivity contribution >= 4 is 23.2 Å². The van der Waals surface area contributed by atoms with E-state index in [2.05, 4.69) is 4.90 Å². The molecule has 0 bridgehead atoms. The van der Waals surface area contributed by atoms with Gasteiger partial charge in [0.05, 0.1) is 6.67 Å². The average molecular weight is 253 g/mol. The highest BCUT2D eigenvalue weighted by molar-refractivity contribution is 6.30. The second-order valence-corrected chi connectivity index (χ2v) is 4.81. The summed E-state index contributed by atoms with van der Waals surface area (Å²) < 4.78 is 0. The van der Waals surface area contributed by atoms with E-state index in [1.165, 1.54) is 0 Å². The lowest BCUT2D eigenvalue weighted by Gasteiger charge is -2.28. The van der Waals surface area contributed by atoms with Gasteiger partial charge in [0.25, 0.3) is 0 Å². The molecule has 1 aliphatic heterocycles. The summed E-state index contributed by atoms with van der Waals surface area (Å²) >= 11 is 5.88. The highest BCUT2D eigenvalue weighted by atomic mass is 35.5. The Morgan fingerprint density at radius 3 is 2.47 bits per heavy atom. The molecule has 92 valence electrons. The van der Waals surface area contributed by atoms with Gasteiger partial charge in [-0.15, -0.1) is 0 Å². The maximum absolute atomic E-state index is 11.5. The van der Waals surface area contributed by atoms with Crippen molar-refractivity contribution in [1.29, 1.82) is 0 Å². The number of carbonyl (C=O) groups is 1. The van der Waals surface area contributed by atoms with Crippen LogP contribution in [0.5, 0.6) is 0 Å². The maximum Gasteiger partial charge on any atom is 0.220 e. The number of carbonyl (C=O) groups excluding carboxylic acids is 1. The molecule has 0 aromatic heterocycles. The van der Waals surface area contributed by atoms with E-state index >= 15 is 0 Å². The summed E-state index contributed by atoms with van der Waals surface area (Å²) in [5.41, 5.74) is 1.13. The molecule has 0 unspecified atom stereocenters. The van der Waals surface area contributed by atoms with Gasteiger partial charge < -0.3 is 9.80 Å². The zero-order valence-corrected chi connectivity index (χ0v) is 10.8. The summed E-state index contributed by atoms with van der Waals surface area (Å²) in [5, 5.41) is 0.743. The smallest absolute Gasteiger partial charge is 0.220 e. The number of amides is 1. The fourth-order valence-corrected chi connectivity index (χ4v) is 2.20. The third kappa shape index (κ3) is 3.13. The molecule has 1 amide bonds. The Hall–Kier alpha value is -1.22. The number of hydrogen-bond acceptors (Lipinski definition) is 2. The van der Waals surface area contributed by atoms with Crippen molar-refractivity contribution in [2.24, 2.45) is 0 Å². The normalized spacial score (nSPS) is 16.8. The summed E-state index contributed by atoms with van der Waals surface area (Å²) in [5.74, 6) is 0.144. The van der Waals surface area contributed by atoms with Crippen LogP contribution in [0.25, 0.3) is 0 Å². The van der Waals surface area contributed by atoms with E-state index in [1.807, 2.05) is 29.2 Å². The van der Waals surface area contributed by atoms with Crippen LogP contribution in [0, 0.1) is 0 Å². The molecule has 0 atom stereocenters. The van der Waals surface area contributed by atoms with Crippen molar-refractivity contribution in [3.05, 3.63) is 29.3 Å². The molecule has 1 heterocycles. The first kappa shape index (κ1) is 12.2. The van der Waals surface area contributed by atoms with Crippen LogP contribution >= 0.6 is 11.6 Å². The van der Waals surface area contributed by atoms with E-state index in [0.29, 0.717) is 6.67 Å². The molecular weight excluding hydrogens is 236 g/mol. The number of nitrogens with zero attached hydrogens (tertiary/aromatic N) is 2. The first-order valence-electron chi connectivity index (χ1n) is 5.93. The lowest BCUT2D eigenvalue weighted by Crippen LogP contribution is -2.39. The largest absolute Gasteiger partial charge is 0.354 e. The summed E-state index contributed by atoms with van der Waals surface area (Å²) in [4.78, 5) is 15.6. The molecular formula is C13H17ClN2O. The number of hydrogen-bond donors (Lipinski definition) is 0. The van der Waals surface area contributed by atoms with Gasteiger partial charge >= 0.3 is 0 Å². The van der Waals surface area contributed by atoms with Crippen molar-refractivity contribution in [3.8, 4) is 0 Å². The molecule has 0 aliphatic carbocycles. The Labute approximate surface area is 107 Å². The Morgan fingerprint density at radius 1 is 1.18 bits per heavy atom. The summed E-state index contributed by atoms with van der Waals surface area (Å²) in [6.45, 7) is 4.16. The van der Waals surface area contributed by atoms with Crippen LogP contribution in [0.15, 0.2) is 24.3 Å². The molecule has 2 rings (SSSR count). The molecule has 1 aliphatic rings. The number of halogens is 1. The standard InChI is InChI=1S/C13H17ClN2O/c1-11(17)15-8-2-3-9-16(10-15)13-6-4-12(14)5-7-13/h4-7H,2-3,8-10H2,1H3. The number of anilines is 1. The van der Waals surface area contributed by atoms with Crippen LogP contribution in [0.2, 0.25) is 5.02 Å². The van der Waals surface area contributed by atoms with E-state index in [4.69, 9.17) is 11.6 Å². The molecule has 0 saturated carbocycles. The highest BCUT2D eigenvalue weighted by Gasteiger charge is 2.17. The van der Waals surface area contributed by atoms with Gasteiger partial charge in [0.2, 0.25) is 5.91 Å². The van der Waals surface area contributed by atoms with E-state index < -0.39 is 0 Å². The lowest BCUT2D eigenvalue weighted by molar-refractivity contribution is -0.128. The molecule has 0 N–H and O–H groups in total. The van der Waals surface area contributed by atoms with Gasteiger partial charge in [-0.3, -0.25) is 4.79 Å². The fraction of sp³-hybridized carbons (Fsp3) is 0.462. The number of rotatable bonds is 1. The molecule has 1 fully saturated rings. The summed E-state index contributed by atoms with van der Waals surface area (Å²) in [6.07, 6.45) is 2.19. The van der Waals surface area contributed by atoms with Gasteiger partial charge in [-0.25, -0.2) is 0 Å². The Kier molecular flexibility index (Phi) is 3.89. The molecule has 17 heavy (non-hydrogen) atoms. The predicted octanol–water partition coefficient (Wildman–Crippen LogP) is 2.75. The monoisotopic (exact) mass is 252 g/mol. The van der Waals surface area contributed by atoms with Gasteiger partial charge in [-0.1, -0.05) is 11.6 Å². The van der Waals surface area contributed by atoms with E-state index in [0.717, 1.165) is 36.6 Å². The quantitative estimate of drug-likeness (QED) is 0.767. The van der Waals surface area contributed by atoms with Crippen LogP contribution < -0.4 is 4.90 Å². The third-order valence-corrected chi connectivity index (χ3v) is 3.34. The second-order valence-electron chi connectivity index (χ2n) is 4.37. The van der Waals surface area contributed by atoms with Crippen LogP contribution in [0.4, 0.5) is 5.69 Å². The third-order valence-electron chi connectivity index (χ3n) is 3.08. The first-order chi connectivity index (χ1) is 8.16. The minimum atomic E-state index is 0.144. The highest BCUT2D eigenvalue weighted by Crippen LogP contribution is 2.20. The molecule has 0 radical (unpaired) electrons. The molecule has 4 heteroatoms. The fourth-order valence-electron chi connectivity index (χ4n) is 2.07. The van der Waals surface area contributed by atoms with Gasteiger partial charge in [0.15, 0.2) is 0 Å². The maximum atomic E-state index is 11.5. The zero-order valence-electron chi connectivity index (χ0n) is 10.0. The second kappa shape index (κ2) is 5.41. The zero-order chi connectivity index (χ0) is 12.3. The van der Waals surface area contributed by atoms with Crippen molar-refractivity contribution in [2.75, 3.05) is 24.7 Å². The van der Waals surface area contributed by atoms with Crippen molar-refractivity contribution in [1.82, 2.24) is 4.90 Å². The van der Waals surface area contributed by atoms with E-state index in [1.54, 1.807) is 6.92 Å². The SMILES string of the molecule is CC(=O)N1CCCCN(c2ccc(Cl)cc2)C1. The summed E-state index contributed by atoms with van der Waals surface area (Å²) in [6, 6.07) is 7.79. The molecule has 1 aromatic rings. The van der Waals surface area contributed by atoms with Crippen molar-refractivity contribution in [3.63, 3.8) is 0 Å². The van der Waals surface area contributed by atoms with Gasteiger partial charge in [0.1, 0.15) is 0 Å². The first-order valence-corrected chi connectivity index (χ1v) is 6.30. The lowest BCUT2D eigenvalue weighted by atomic mass is 10.2.